The molecule has 1 aromatic carbocycles. The molecule has 0 saturated heterocycles. The van der Waals surface area contributed by atoms with Crippen molar-refractivity contribution in [3.8, 4) is 0 Å². The first-order chi connectivity index (χ1) is 6.56. The molecule has 0 fully saturated rings. The number of hydrogen-bond acceptors (Lipinski definition) is 2. The lowest BCUT2D eigenvalue weighted by Gasteiger charge is -2.12. The average Bonchev–Trinajstić information content (AvgIpc) is 2.19. The van der Waals surface area contributed by atoms with Crippen LogP contribution >= 0.6 is 0 Å². The summed E-state index contributed by atoms with van der Waals surface area (Å²) in [6.07, 6.45) is 0. The third-order valence-corrected chi connectivity index (χ3v) is 2.46. The number of benzene rings is 1. The molecule has 76 valence electrons. The lowest BCUT2D eigenvalue weighted by Crippen LogP contribution is -2.12. The number of ether oxygens (including phenoxy) is 1. The van der Waals surface area contributed by atoms with Gasteiger partial charge >= 0.3 is 5.97 Å². The zero-order valence-electron chi connectivity index (χ0n) is 9.13. The number of aryl methyl sites for hydroxylation is 2. The topological polar surface area (TPSA) is 26.3 Å². The number of carbonyl (C=O) groups excluding carboxylic acids is 1. The molecule has 0 radical (unpaired) electrons. The van der Waals surface area contributed by atoms with Crippen molar-refractivity contribution in [1.82, 2.24) is 0 Å². The zero-order valence-corrected chi connectivity index (χ0v) is 9.13. The highest BCUT2D eigenvalue weighted by Crippen LogP contribution is 2.21. The van der Waals surface area contributed by atoms with Crippen molar-refractivity contribution in [3.05, 3.63) is 34.9 Å². The van der Waals surface area contributed by atoms with E-state index in [1.54, 1.807) is 0 Å². The molecule has 1 rings (SSSR count). The fourth-order valence-electron chi connectivity index (χ4n) is 1.53. The largest absolute Gasteiger partial charge is 0.469 e. The Labute approximate surface area is 84.9 Å². The first-order valence-electron chi connectivity index (χ1n) is 4.71. The maximum atomic E-state index is 11.4. The molecule has 0 heterocycles. The van der Waals surface area contributed by atoms with Gasteiger partial charge in [-0.25, -0.2) is 0 Å². The van der Waals surface area contributed by atoms with Crippen molar-refractivity contribution in [1.29, 1.82) is 0 Å². The van der Waals surface area contributed by atoms with E-state index in [4.69, 9.17) is 4.74 Å². The molecule has 14 heavy (non-hydrogen) atoms. The van der Waals surface area contributed by atoms with E-state index in [9.17, 15) is 4.79 Å². The third-order valence-electron chi connectivity index (χ3n) is 2.46. The van der Waals surface area contributed by atoms with Crippen molar-refractivity contribution in [2.75, 3.05) is 7.11 Å². The molecule has 2 heteroatoms. The molecular weight excluding hydrogens is 176 g/mol. The normalized spacial score (nSPS) is 12.3. The van der Waals surface area contributed by atoms with Crippen molar-refractivity contribution in [2.45, 2.75) is 26.7 Å². The molecule has 2 nitrogen and oxygen atoms in total. The summed E-state index contributed by atoms with van der Waals surface area (Å²) in [5.41, 5.74) is 3.35. The second kappa shape index (κ2) is 4.27. The van der Waals surface area contributed by atoms with Gasteiger partial charge in [-0.15, -0.1) is 0 Å². The number of hydrogen-bond donors (Lipinski definition) is 0. The van der Waals surface area contributed by atoms with Gasteiger partial charge in [0.1, 0.15) is 0 Å². The van der Waals surface area contributed by atoms with Gasteiger partial charge in [0.25, 0.3) is 0 Å². The molecule has 0 aromatic heterocycles. The maximum absolute atomic E-state index is 11.4. The van der Waals surface area contributed by atoms with Crippen LogP contribution in [0.3, 0.4) is 0 Å². The minimum absolute atomic E-state index is 0.181. The third kappa shape index (κ3) is 2.13. The summed E-state index contributed by atoms with van der Waals surface area (Å²) in [6.45, 7) is 5.90. The monoisotopic (exact) mass is 192 g/mol. The number of methoxy groups -OCH3 is 1. The predicted octanol–water partition coefficient (Wildman–Crippen LogP) is 2.58. The van der Waals surface area contributed by atoms with Crippen molar-refractivity contribution in [3.63, 3.8) is 0 Å². The van der Waals surface area contributed by atoms with Gasteiger partial charge < -0.3 is 4.74 Å². The molecule has 0 N–H and O–H groups in total. The van der Waals surface area contributed by atoms with Crippen LogP contribution < -0.4 is 0 Å². The number of esters is 1. The summed E-state index contributed by atoms with van der Waals surface area (Å²) in [6, 6.07) is 6.11. The molecule has 0 aliphatic rings. The smallest absolute Gasteiger partial charge is 0.312 e. The molecule has 0 spiro atoms. The van der Waals surface area contributed by atoms with Crippen LogP contribution in [0.15, 0.2) is 18.2 Å². The zero-order chi connectivity index (χ0) is 10.7. The first kappa shape index (κ1) is 10.8. The second-order valence-corrected chi connectivity index (χ2v) is 3.60. The lowest BCUT2D eigenvalue weighted by molar-refractivity contribution is -0.142. The first-order valence-corrected chi connectivity index (χ1v) is 4.71. The molecule has 0 aliphatic carbocycles. The van der Waals surface area contributed by atoms with E-state index in [0.29, 0.717) is 0 Å². The fraction of sp³-hybridized carbons (Fsp3) is 0.417. The van der Waals surface area contributed by atoms with Crippen LogP contribution in [0.25, 0.3) is 0 Å². The van der Waals surface area contributed by atoms with Gasteiger partial charge in [-0.3, -0.25) is 4.79 Å². The Hall–Kier alpha value is -1.31. The summed E-state index contributed by atoms with van der Waals surface area (Å²) >= 11 is 0. The average molecular weight is 192 g/mol. The molecule has 0 amide bonds. The van der Waals surface area contributed by atoms with E-state index in [1.165, 1.54) is 12.7 Å². The van der Waals surface area contributed by atoms with Gasteiger partial charge in [0.05, 0.1) is 13.0 Å². The van der Waals surface area contributed by atoms with Gasteiger partial charge in [-0.05, 0) is 31.9 Å². The van der Waals surface area contributed by atoms with Crippen LogP contribution in [0.2, 0.25) is 0 Å². The quantitative estimate of drug-likeness (QED) is 0.673. The van der Waals surface area contributed by atoms with E-state index in [-0.39, 0.29) is 11.9 Å². The van der Waals surface area contributed by atoms with Gasteiger partial charge in [0.15, 0.2) is 0 Å². The van der Waals surface area contributed by atoms with Crippen molar-refractivity contribution >= 4 is 5.97 Å². The van der Waals surface area contributed by atoms with Crippen LogP contribution in [0, 0.1) is 13.8 Å². The van der Waals surface area contributed by atoms with E-state index in [1.807, 2.05) is 39.0 Å². The standard InChI is InChI=1S/C12H16O2/c1-8-5-6-9(2)11(7-8)10(3)12(13)14-4/h5-7,10H,1-4H3/t10-/m1/s1. The Balaban J connectivity index is 3.05. The van der Waals surface area contributed by atoms with E-state index >= 15 is 0 Å². The molecule has 0 saturated carbocycles. The van der Waals surface area contributed by atoms with Crippen molar-refractivity contribution in [2.24, 2.45) is 0 Å². The SMILES string of the molecule is COC(=O)[C@H](C)c1cc(C)ccc1C. The van der Waals surface area contributed by atoms with Gasteiger partial charge in [-0.2, -0.15) is 0 Å². The minimum atomic E-state index is -0.182. The summed E-state index contributed by atoms with van der Waals surface area (Å²) in [5.74, 6) is -0.362. The summed E-state index contributed by atoms with van der Waals surface area (Å²) in [7, 11) is 1.42. The molecule has 0 bridgehead atoms. The highest BCUT2D eigenvalue weighted by Gasteiger charge is 2.17. The Morgan fingerprint density at radius 2 is 2.00 bits per heavy atom. The Morgan fingerprint density at radius 3 is 2.57 bits per heavy atom. The summed E-state index contributed by atoms with van der Waals surface area (Å²) in [5, 5.41) is 0. The Bertz CT molecular complexity index is 342. The second-order valence-electron chi connectivity index (χ2n) is 3.60. The van der Waals surface area contributed by atoms with Gasteiger partial charge in [0, 0.05) is 0 Å². The van der Waals surface area contributed by atoms with Crippen LogP contribution in [0.4, 0.5) is 0 Å². The molecule has 0 aliphatic heterocycles. The van der Waals surface area contributed by atoms with Crippen LogP contribution in [0.5, 0.6) is 0 Å². The van der Waals surface area contributed by atoms with Gasteiger partial charge in [0.2, 0.25) is 0 Å². The van der Waals surface area contributed by atoms with Gasteiger partial charge in [-0.1, -0.05) is 23.8 Å². The number of rotatable bonds is 2. The molecule has 1 aromatic rings. The van der Waals surface area contributed by atoms with E-state index in [0.717, 1.165) is 11.1 Å². The lowest BCUT2D eigenvalue weighted by atomic mass is 9.95. The fourth-order valence-corrected chi connectivity index (χ4v) is 1.53. The minimum Gasteiger partial charge on any atom is -0.469 e. The Kier molecular flexibility index (Phi) is 3.28. The van der Waals surface area contributed by atoms with E-state index in [2.05, 4.69) is 0 Å². The van der Waals surface area contributed by atoms with Crippen LogP contribution in [-0.4, -0.2) is 13.1 Å². The molecule has 1 atom stereocenters. The van der Waals surface area contributed by atoms with E-state index < -0.39 is 0 Å². The number of carbonyl (C=O) groups is 1. The molecular formula is C12H16O2. The summed E-state index contributed by atoms with van der Waals surface area (Å²) in [4.78, 5) is 11.4. The van der Waals surface area contributed by atoms with Crippen LogP contribution in [0.1, 0.15) is 29.5 Å². The molecule has 0 unspecified atom stereocenters. The highest BCUT2D eigenvalue weighted by molar-refractivity contribution is 5.78. The van der Waals surface area contributed by atoms with Crippen LogP contribution in [-0.2, 0) is 9.53 Å². The highest BCUT2D eigenvalue weighted by atomic mass is 16.5. The predicted molar refractivity (Wildman–Crippen MR) is 56.3 cm³/mol. The van der Waals surface area contributed by atoms with Crippen molar-refractivity contribution < 1.29 is 9.53 Å². The summed E-state index contributed by atoms with van der Waals surface area (Å²) < 4.78 is 4.72. The Morgan fingerprint density at radius 1 is 1.36 bits per heavy atom. The maximum Gasteiger partial charge on any atom is 0.312 e.